The quantitative estimate of drug-likeness (QED) is 0.441. The molecular formula is C17H33BrN2O2Si. The number of halogens is 1. The smallest absolute Gasteiger partial charge is 0.192 e. The number of hydrogen-bond acceptors (Lipinski definition) is 3. The second-order valence-electron chi connectivity index (χ2n) is 7.51. The summed E-state index contributed by atoms with van der Waals surface area (Å²) in [7, 11) is 0.362. The SMILES string of the molecule is CCc1c(Br)c(CCCOCCO[Si](C)(C)C(C)(C)C)nn1C. The number of rotatable bonds is 9. The van der Waals surface area contributed by atoms with Gasteiger partial charge < -0.3 is 9.16 Å². The standard InChI is InChI=1S/C17H33BrN2O2Si/c1-8-15-16(18)14(19-20(15)5)10-9-11-21-12-13-22-23(6,7)17(2,3)4/h8-13H2,1-7H3. The van der Waals surface area contributed by atoms with Gasteiger partial charge in [-0.3, -0.25) is 4.68 Å². The first kappa shape index (κ1) is 20.9. The van der Waals surface area contributed by atoms with Crippen molar-refractivity contribution < 1.29 is 9.16 Å². The number of hydrogen-bond donors (Lipinski definition) is 0. The van der Waals surface area contributed by atoms with Crippen LogP contribution in [0.15, 0.2) is 4.47 Å². The van der Waals surface area contributed by atoms with Crippen molar-refractivity contribution in [1.29, 1.82) is 0 Å². The maximum atomic E-state index is 6.10. The van der Waals surface area contributed by atoms with E-state index in [1.807, 2.05) is 11.7 Å². The highest BCUT2D eigenvalue weighted by Gasteiger charge is 2.36. The summed E-state index contributed by atoms with van der Waals surface area (Å²) in [5, 5.41) is 4.83. The summed E-state index contributed by atoms with van der Waals surface area (Å²) in [4.78, 5) is 0. The predicted octanol–water partition coefficient (Wildman–Crippen LogP) is 4.72. The molecule has 0 bridgehead atoms. The number of aromatic nitrogens is 2. The van der Waals surface area contributed by atoms with Gasteiger partial charge in [0.2, 0.25) is 0 Å². The minimum Gasteiger partial charge on any atom is -0.414 e. The van der Waals surface area contributed by atoms with Gasteiger partial charge in [0.25, 0.3) is 0 Å². The van der Waals surface area contributed by atoms with Gasteiger partial charge in [-0.2, -0.15) is 5.10 Å². The molecule has 23 heavy (non-hydrogen) atoms. The minimum absolute atomic E-state index is 0.259. The fourth-order valence-corrected chi connectivity index (χ4v) is 3.99. The molecule has 0 N–H and O–H groups in total. The Morgan fingerprint density at radius 2 is 1.83 bits per heavy atom. The summed E-state index contributed by atoms with van der Waals surface area (Å²) in [6.45, 7) is 15.6. The Hall–Kier alpha value is -0.173. The lowest BCUT2D eigenvalue weighted by Gasteiger charge is -2.36. The highest BCUT2D eigenvalue weighted by molar-refractivity contribution is 9.10. The lowest BCUT2D eigenvalue weighted by atomic mass is 10.2. The monoisotopic (exact) mass is 404 g/mol. The van der Waals surface area contributed by atoms with Gasteiger partial charge in [0.15, 0.2) is 8.32 Å². The fraction of sp³-hybridized carbons (Fsp3) is 0.824. The minimum atomic E-state index is -1.64. The maximum absolute atomic E-state index is 6.10. The average molecular weight is 405 g/mol. The van der Waals surface area contributed by atoms with Gasteiger partial charge >= 0.3 is 0 Å². The normalized spacial score (nSPS) is 12.9. The third-order valence-electron chi connectivity index (χ3n) is 4.70. The molecule has 0 atom stereocenters. The molecule has 0 unspecified atom stereocenters. The van der Waals surface area contributed by atoms with Crippen molar-refractivity contribution in [2.24, 2.45) is 7.05 Å². The van der Waals surface area contributed by atoms with Gasteiger partial charge in [-0.1, -0.05) is 27.7 Å². The van der Waals surface area contributed by atoms with Crippen molar-refractivity contribution in [2.75, 3.05) is 19.8 Å². The topological polar surface area (TPSA) is 36.3 Å². The van der Waals surface area contributed by atoms with E-state index in [1.54, 1.807) is 0 Å². The van der Waals surface area contributed by atoms with Crippen LogP contribution in [0.5, 0.6) is 0 Å². The summed E-state index contributed by atoms with van der Waals surface area (Å²) in [6, 6.07) is 0. The molecule has 0 fully saturated rings. The van der Waals surface area contributed by atoms with Gasteiger partial charge in [-0.05, 0) is 53.3 Å². The Labute approximate surface area is 151 Å². The average Bonchev–Trinajstić information content (AvgIpc) is 2.70. The first-order valence-corrected chi connectivity index (χ1v) is 12.2. The van der Waals surface area contributed by atoms with Gasteiger partial charge in [0.05, 0.1) is 29.1 Å². The van der Waals surface area contributed by atoms with Crippen LogP contribution in [0.2, 0.25) is 18.1 Å². The Kier molecular flexibility index (Phi) is 7.97. The first-order chi connectivity index (χ1) is 10.6. The summed E-state index contributed by atoms with van der Waals surface area (Å²) >= 11 is 3.66. The second kappa shape index (κ2) is 8.79. The van der Waals surface area contributed by atoms with E-state index < -0.39 is 8.32 Å². The van der Waals surface area contributed by atoms with Crippen LogP contribution in [-0.4, -0.2) is 37.9 Å². The molecule has 0 aromatic carbocycles. The van der Waals surface area contributed by atoms with E-state index in [1.165, 1.54) is 5.69 Å². The van der Waals surface area contributed by atoms with Crippen LogP contribution in [-0.2, 0) is 29.1 Å². The van der Waals surface area contributed by atoms with Gasteiger partial charge in [0.1, 0.15) is 0 Å². The van der Waals surface area contributed by atoms with Gasteiger partial charge in [-0.15, -0.1) is 0 Å². The van der Waals surface area contributed by atoms with Crippen LogP contribution in [0.25, 0.3) is 0 Å². The maximum Gasteiger partial charge on any atom is 0.192 e. The third kappa shape index (κ3) is 6.00. The van der Waals surface area contributed by atoms with Crippen LogP contribution in [0, 0.1) is 0 Å². The lowest BCUT2D eigenvalue weighted by Crippen LogP contribution is -2.41. The zero-order valence-corrected chi connectivity index (χ0v) is 18.4. The van der Waals surface area contributed by atoms with Crippen LogP contribution in [0.3, 0.4) is 0 Å². The first-order valence-electron chi connectivity index (χ1n) is 8.52. The van der Waals surface area contributed by atoms with E-state index in [-0.39, 0.29) is 5.04 Å². The molecule has 0 saturated carbocycles. The molecule has 0 aliphatic rings. The van der Waals surface area contributed by atoms with Crippen molar-refractivity contribution in [3.63, 3.8) is 0 Å². The lowest BCUT2D eigenvalue weighted by molar-refractivity contribution is 0.0938. The summed E-state index contributed by atoms with van der Waals surface area (Å²) < 4.78 is 14.9. The predicted molar refractivity (Wildman–Crippen MR) is 103 cm³/mol. The molecule has 0 aliphatic carbocycles. The van der Waals surface area contributed by atoms with Crippen LogP contribution in [0.1, 0.15) is 45.5 Å². The van der Waals surface area contributed by atoms with Crippen molar-refractivity contribution in [2.45, 2.75) is 65.1 Å². The van der Waals surface area contributed by atoms with Crippen molar-refractivity contribution >= 4 is 24.2 Å². The number of ether oxygens (including phenoxy) is 1. The molecule has 134 valence electrons. The summed E-state index contributed by atoms with van der Waals surface area (Å²) in [5.74, 6) is 0. The van der Waals surface area contributed by atoms with Gasteiger partial charge in [-0.25, -0.2) is 0 Å². The van der Waals surface area contributed by atoms with E-state index in [0.29, 0.717) is 13.2 Å². The van der Waals surface area contributed by atoms with Gasteiger partial charge in [0, 0.05) is 13.7 Å². The molecule has 1 rings (SSSR count). The molecule has 0 aliphatic heterocycles. The van der Waals surface area contributed by atoms with Crippen molar-refractivity contribution in [3.8, 4) is 0 Å². The van der Waals surface area contributed by atoms with E-state index >= 15 is 0 Å². The van der Waals surface area contributed by atoms with E-state index in [4.69, 9.17) is 9.16 Å². The highest BCUT2D eigenvalue weighted by atomic mass is 79.9. The second-order valence-corrected chi connectivity index (χ2v) is 13.1. The fourth-order valence-electron chi connectivity index (χ4n) is 2.15. The molecule has 0 saturated heterocycles. The molecule has 0 radical (unpaired) electrons. The molecular weight excluding hydrogens is 372 g/mol. The Morgan fingerprint density at radius 1 is 1.17 bits per heavy atom. The Morgan fingerprint density at radius 3 is 2.35 bits per heavy atom. The molecule has 1 heterocycles. The van der Waals surface area contributed by atoms with Crippen LogP contribution in [0.4, 0.5) is 0 Å². The molecule has 0 spiro atoms. The highest BCUT2D eigenvalue weighted by Crippen LogP contribution is 2.36. The van der Waals surface area contributed by atoms with Crippen molar-refractivity contribution in [1.82, 2.24) is 9.78 Å². The van der Waals surface area contributed by atoms with Crippen LogP contribution < -0.4 is 0 Å². The van der Waals surface area contributed by atoms with Crippen LogP contribution >= 0.6 is 15.9 Å². The zero-order chi connectivity index (χ0) is 17.7. The molecule has 6 heteroatoms. The van der Waals surface area contributed by atoms with E-state index in [0.717, 1.165) is 36.0 Å². The Bertz CT molecular complexity index is 496. The number of nitrogens with zero attached hydrogens (tertiary/aromatic N) is 2. The third-order valence-corrected chi connectivity index (χ3v) is 10.2. The Balaban J connectivity index is 2.22. The van der Waals surface area contributed by atoms with Crippen molar-refractivity contribution in [3.05, 3.63) is 15.9 Å². The number of aryl methyl sites for hydroxylation is 2. The molecule has 0 amide bonds. The largest absolute Gasteiger partial charge is 0.414 e. The van der Waals surface area contributed by atoms with E-state index in [2.05, 4.69) is 61.8 Å². The summed E-state index contributed by atoms with van der Waals surface area (Å²) in [6.07, 6.45) is 2.92. The molecule has 4 nitrogen and oxygen atoms in total. The summed E-state index contributed by atoms with van der Waals surface area (Å²) in [5.41, 5.74) is 2.38. The molecule has 1 aromatic heterocycles. The zero-order valence-electron chi connectivity index (χ0n) is 15.8. The molecule has 1 aromatic rings. The van der Waals surface area contributed by atoms with E-state index in [9.17, 15) is 0 Å².